The molecule has 2 fully saturated rings. The van der Waals surface area contributed by atoms with Gasteiger partial charge >= 0.3 is 0 Å². The first-order valence-corrected chi connectivity index (χ1v) is 8.99. The summed E-state index contributed by atoms with van der Waals surface area (Å²) < 4.78 is 1.84. The predicted octanol–water partition coefficient (Wildman–Crippen LogP) is 3.27. The fourth-order valence-electron chi connectivity index (χ4n) is 3.89. The number of halogens is 1. The van der Waals surface area contributed by atoms with Gasteiger partial charge in [0.05, 0.1) is 6.20 Å². The molecule has 1 aromatic heterocycles. The maximum atomic E-state index is 12.7. The van der Waals surface area contributed by atoms with Crippen LogP contribution in [-0.2, 0) is 18.3 Å². The third-order valence-electron chi connectivity index (χ3n) is 5.29. The van der Waals surface area contributed by atoms with Crippen LogP contribution in [0, 0.1) is 11.8 Å². The molecule has 5 heteroatoms. The van der Waals surface area contributed by atoms with E-state index in [0.29, 0.717) is 17.7 Å². The molecule has 0 radical (unpaired) electrons. The first-order chi connectivity index (χ1) is 11.6. The molecule has 4 nitrogen and oxygen atoms in total. The lowest BCUT2D eigenvalue weighted by Gasteiger charge is -2.16. The van der Waals surface area contributed by atoms with Crippen molar-refractivity contribution >= 4 is 17.5 Å². The van der Waals surface area contributed by atoms with Gasteiger partial charge in [-0.3, -0.25) is 9.48 Å². The van der Waals surface area contributed by atoms with E-state index in [0.717, 1.165) is 37.4 Å². The highest BCUT2D eigenvalue weighted by Crippen LogP contribution is 2.49. The van der Waals surface area contributed by atoms with Crippen molar-refractivity contribution in [2.45, 2.75) is 25.2 Å². The smallest absolute Gasteiger partial charge is 0.226 e. The van der Waals surface area contributed by atoms with Gasteiger partial charge < -0.3 is 4.90 Å². The number of hydrogen-bond acceptors (Lipinski definition) is 2. The molecule has 0 spiro atoms. The Hall–Kier alpha value is -1.81. The molecule has 2 heterocycles. The van der Waals surface area contributed by atoms with E-state index in [2.05, 4.69) is 28.3 Å². The number of aromatic nitrogens is 2. The largest absolute Gasteiger partial charge is 0.342 e. The van der Waals surface area contributed by atoms with Crippen LogP contribution in [0.2, 0.25) is 5.02 Å². The molecule has 1 aliphatic heterocycles. The van der Waals surface area contributed by atoms with Crippen LogP contribution in [0.3, 0.4) is 0 Å². The maximum Gasteiger partial charge on any atom is 0.226 e. The summed E-state index contributed by atoms with van der Waals surface area (Å²) in [7, 11) is 1.94. The summed E-state index contributed by atoms with van der Waals surface area (Å²) in [6, 6.07) is 7.93. The van der Waals surface area contributed by atoms with Crippen LogP contribution >= 0.6 is 11.6 Å². The zero-order chi connectivity index (χ0) is 16.7. The first-order valence-electron chi connectivity index (χ1n) is 8.62. The van der Waals surface area contributed by atoms with E-state index in [9.17, 15) is 4.79 Å². The monoisotopic (exact) mass is 343 g/mol. The Morgan fingerprint density at radius 3 is 2.83 bits per heavy atom. The van der Waals surface area contributed by atoms with Crippen molar-refractivity contribution in [2.24, 2.45) is 18.9 Å². The number of carbonyl (C=O) groups excluding carboxylic acids is 1. The van der Waals surface area contributed by atoms with Gasteiger partial charge in [0.1, 0.15) is 0 Å². The molecule has 126 valence electrons. The molecule has 4 rings (SSSR count). The summed E-state index contributed by atoms with van der Waals surface area (Å²) >= 11 is 5.94. The summed E-state index contributed by atoms with van der Waals surface area (Å²) in [4.78, 5) is 14.8. The zero-order valence-electron chi connectivity index (χ0n) is 13.9. The van der Waals surface area contributed by atoms with Crippen LogP contribution < -0.4 is 0 Å². The normalized spacial score (nSPS) is 25.9. The van der Waals surface area contributed by atoms with E-state index < -0.39 is 0 Å². The number of aryl methyl sites for hydroxylation is 1. The van der Waals surface area contributed by atoms with Crippen molar-refractivity contribution in [1.82, 2.24) is 14.7 Å². The molecule has 1 aliphatic carbocycles. The summed E-state index contributed by atoms with van der Waals surface area (Å²) in [5, 5.41) is 4.98. The van der Waals surface area contributed by atoms with Crippen molar-refractivity contribution in [2.75, 3.05) is 13.1 Å². The average molecular weight is 344 g/mol. The second kappa shape index (κ2) is 6.25. The molecular weight excluding hydrogens is 322 g/mol. The van der Waals surface area contributed by atoms with E-state index in [1.165, 1.54) is 11.1 Å². The summed E-state index contributed by atoms with van der Waals surface area (Å²) in [5.74, 6) is 1.45. The van der Waals surface area contributed by atoms with Gasteiger partial charge in [-0.15, -0.1) is 0 Å². The molecule has 24 heavy (non-hydrogen) atoms. The zero-order valence-corrected chi connectivity index (χ0v) is 14.6. The number of nitrogens with zero attached hydrogens (tertiary/aromatic N) is 3. The van der Waals surface area contributed by atoms with Gasteiger partial charge in [0.25, 0.3) is 0 Å². The Labute approximate surface area is 147 Å². The Morgan fingerprint density at radius 1 is 1.33 bits per heavy atom. The van der Waals surface area contributed by atoms with Crippen LogP contribution in [0.1, 0.15) is 29.9 Å². The number of hydrogen-bond donors (Lipinski definition) is 0. The summed E-state index contributed by atoms with van der Waals surface area (Å²) in [6.45, 7) is 1.78. The molecule has 1 amide bonds. The number of carbonyl (C=O) groups is 1. The molecular formula is C19H22ClN3O. The molecule has 2 aliphatic rings. The fourth-order valence-corrected chi connectivity index (χ4v) is 4.02. The van der Waals surface area contributed by atoms with E-state index in [1.54, 1.807) is 0 Å². The molecule has 0 bridgehead atoms. The fraction of sp³-hybridized carbons (Fsp3) is 0.474. The third kappa shape index (κ3) is 3.20. The van der Waals surface area contributed by atoms with Crippen molar-refractivity contribution in [3.8, 4) is 0 Å². The predicted molar refractivity (Wildman–Crippen MR) is 93.9 cm³/mol. The van der Waals surface area contributed by atoms with Crippen LogP contribution in [-0.4, -0.2) is 33.7 Å². The van der Waals surface area contributed by atoms with Gasteiger partial charge in [-0.1, -0.05) is 23.7 Å². The van der Waals surface area contributed by atoms with E-state index in [1.807, 2.05) is 30.1 Å². The molecule has 0 unspecified atom stereocenters. The van der Waals surface area contributed by atoms with E-state index in [-0.39, 0.29) is 5.92 Å². The number of rotatable bonds is 4. The number of benzene rings is 1. The van der Waals surface area contributed by atoms with Crippen molar-refractivity contribution in [3.63, 3.8) is 0 Å². The quantitative estimate of drug-likeness (QED) is 0.854. The minimum absolute atomic E-state index is 0.170. The summed E-state index contributed by atoms with van der Waals surface area (Å²) in [6.07, 6.45) is 7.09. The van der Waals surface area contributed by atoms with E-state index in [4.69, 9.17) is 11.6 Å². The SMILES string of the molecule is Cn1cc(C[C@@H]2CCN(C(=O)[C@@H]3C[C@H]3c3ccc(Cl)cc3)C2)cn1. The van der Waals surface area contributed by atoms with Gasteiger partial charge in [0, 0.05) is 37.3 Å². The highest BCUT2D eigenvalue weighted by Gasteiger charge is 2.46. The third-order valence-corrected chi connectivity index (χ3v) is 5.54. The van der Waals surface area contributed by atoms with Crippen molar-refractivity contribution in [3.05, 3.63) is 52.8 Å². The van der Waals surface area contributed by atoms with Crippen LogP contribution in [0.4, 0.5) is 0 Å². The van der Waals surface area contributed by atoms with Crippen molar-refractivity contribution in [1.29, 1.82) is 0 Å². The second-order valence-electron chi connectivity index (χ2n) is 7.17. The van der Waals surface area contributed by atoms with Gasteiger partial charge in [0.15, 0.2) is 0 Å². The van der Waals surface area contributed by atoms with Gasteiger partial charge in [-0.25, -0.2) is 0 Å². The number of likely N-dealkylation sites (tertiary alicyclic amines) is 1. The first kappa shape index (κ1) is 15.7. The standard InChI is InChI=1S/C19H22ClN3O/c1-22-11-14(10-21-22)8-13-6-7-23(12-13)19(24)18-9-17(18)15-2-4-16(20)5-3-15/h2-5,10-11,13,17-18H,6-9,12H2,1H3/t13-,17-,18+/m0/s1. The molecule has 1 saturated heterocycles. The average Bonchev–Trinajstić information content (AvgIpc) is 3.05. The highest BCUT2D eigenvalue weighted by molar-refractivity contribution is 6.30. The second-order valence-corrected chi connectivity index (χ2v) is 7.60. The summed E-state index contributed by atoms with van der Waals surface area (Å²) in [5.41, 5.74) is 2.51. The van der Waals surface area contributed by atoms with Gasteiger partial charge in [-0.05, 0) is 54.4 Å². The number of amides is 1. The highest BCUT2D eigenvalue weighted by atomic mass is 35.5. The topological polar surface area (TPSA) is 38.1 Å². The van der Waals surface area contributed by atoms with E-state index >= 15 is 0 Å². The molecule has 0 N–H and O–H groups in total. The molecule has 3 atom stereocenters. The lowest BCUT2D eigenvalue weighted by atomic mass is 10.0. The minimum Gasteiger partial charge on any atom is -0.342 e. The Kier molecular flexibility index (Phi) is 4.09. The van der Waals surface area contributed by atoms with Gasteiger partial charge in [0.2, 0.25) is 5.91 Å². The van der Waals surface area contributed by atoms with Crippen molar-refractivity contribution < 1.29 is 4.79 Å². The lowest BCUT2D eigenvalue weighted by molar-refractivity contribution is -0.131. The lowest BCUT2D eigenvalue weighted by Crippen LogP contribution is -2.30. The molecule has 1 aromatic carbocycles. The Balaban J connectivity index is 1.32. The van der Waals surface area contributed by atoms with Crippen LogP contribution in [0.5, 0.6) is 0 Å². The Bertz CT molecular complexity index is 739. The minimum atomic E-state index is 0.170. The van der Waals surface area contributed by atoms with Crippen LogP contribution in [0.15, 0.2) is 36.7 Å². The molecule has 1 saturated carbocycles. The van der Waals surface area contributed by atoms with Gasteiger partial charge in [-0.2, -0.15) is 5.10 Å². The molecule has 2 aromatic rings. The Morgan fingerprint density at radius 2 is 2.12 bits per heavy atom. The van der Waals surface area contributed by atoms with Crippen LogP contribution in [0.25, 0.3) is 0 Å². The maximum absolute atomic E-state index is 12.7.